The van der Waals surface area contributed by atoms with Gasteiger partial charge in [0.05, 0.1) is 12.8 Å². The minimum atomic E-state index is -0.359. The van der Waals surface area contributed by atoms with Gasteiger partial charge < -0.3 is 15.4 Å². The molecule has 0 atom stereocenters. The van der Waals surface area contributed by atoms with E-state index < -0.39 is 0 Å². The number of amides is 1. The first-order chi connectivity index (χ1) is 12.6. The number of para-hydroxylation sites is 2. The predicted molar refractivity (Wildman–Crippen MR) is 102 cm³/mol. The molecule has 0 saturated carbocycles. The molecule has 1 aromatic heterocycles. The van der Waals surface area contributed by atoms with Crippen LogP contribution >= 0.6 is 11.6 Å². The Morgan fingerprint density at radius 3 is 2.73 bits per heavy atom. The minimum Gasteiger partial charge on any atom is -0.495 e. The molecule has 0 aliphatic heterocycles. The van der Waals surface area contributed by atoms with E-state index in [-0.39, 0.29) is 11.6 Å². The molecule has 0 aliphatic carbocycles. The van der Waals surface area contributed by atoms with Crippen LogP contribution in [0.1, 0.15) is 16.1 Å². The number of ether oxygens (including phenoxy) is 1. The molecule has 2 aromatic carbocycles. The number of aryl methyl sites for hydroxylation is 1. The van der Waals surface area contributed by atoms with Crippen molar-refractivity contribution < 1.29 is 9.53 Å². The number of carbonyl (C=O) groups excluding carboxylic acids is 1. The van der Waals surface area contributed by atoms with E-state index in [0.29, 0.717) is 22.4 Å². The molecule has 3 rings (SSSR count). The molecule has 2 N–H and O–H groups in total. The summed E-state index contributed by atoms with van der Waals surface area (Å²) in [6.07, 6.45) is 1.52. The average molecular weight is 369 g/mol. The Morgan fingerprint density at radius 2 is 1.92 bits per heavy atom. The van der Waals surface area contributed by atoms with Gasteiger partial charge >= 0.3 is 0 Å². The van der Waals surface area contributed by atoms with Crippen LogP contribution in [0.2, 0.25) is 5.02 Å². The van der Waals surface area contributed by atoms with Gasteiger partial charge in [0.1, 0.15) is 11.4 Å². The Balaban J connectivity index is 1.80. The standard InChI is InChI=1S/C19H17ClN4O2/c1-12-7-8-13(20)11-16(12)24-19-21-10-9-15(23-19)18(25)22-14-5-3-4-6-17(14)26-2/h3-11H,1-2H3,(H,22,25)(H,21,23,24). The Bertz CT molecular complexity index is 946. The Morgan fingerprint density at radius 1 is 1.12 bits per heavy atom. The zero-order valence-corrected chi connectivity index (χ0v) is 15.0. The summed E-state index contributed by atoms with van der Waals surface area (Å²) in [6.45, 7) is 1.94. The van der Waals surface area contributed by atoms with Crippen LogP contribution < -0.4 is 15.4 Å². The van der Waals surface area contributed by atoms with Crippen LogP contribution in [0.15, 0.2) is 54.7 Å². The van der Waals surface area contributed by atoms with Crippen LogP contribution in [0.25, 0.3) is 0 Å². The lowest BCUT2D eigenvalue weighted by atomic mass is 10.2. The summed E-state index contributed by atoms with van der Waals surface area (Å²) in [6, 6.07) is 14.2. The van der Waals surface area contributed by atoms with E-state index in [1.54, 1.807) is 37.4 Å². The van der Waals surface area contributed by atoms with Gasteiger partial charge in [0, 0.05) is 16.9 Å². The summed E-state index contributed by atoms with van der Waals surface area (Å²) in [5.74, 6) is 0.522. The Kier molecular flexibility index (Phi) is 5.34. The van der Waals surface area contributed by atoms with Gasteiger partial charge in [0.2, 0.25) is 5.95 Å². The molecule has 0 unspecified atom stereocenters. The maximum absolute atomic E-state index is 12.5. The van der Waals surface area contributed by atoms with Crippen LogP contribution in [0.3, 0.4) is 0 Å². The molecular formula is C19H17ClN4O2. The summed E-state index contributed by atoms with van der Waals surface area (Å²) in [5.41, 5.74) is 2.56. The van der Waals surface area contributed by atoms with E-state index >= 15 is 0 Å². The molecule has 0 spiro atoms. The van der Waals surface area contributed by atoms with E-state index in [0.717, 1.165) is 11.3 Å². The van der Waals surface area contributed by atoms with Gasteiger partial charge in [-0.25, -0.2) is 9.97 Å². The van der Waals surface area contributed by atoms with E-state index in [9.17, 15) is 4.79 Å². The van der Waals surface area contributed by atoms with Gasteiger partial charge in [-0.3, -0.25) is 4.79 Å². The van der Waals surface area contributed by atoms with Crippen LogP contribution in [-0.4, -0.2) is 23.0 Å². The van der Waals surface area contributed by atoms with Crippen molar-refractivity contribution in [3.05, 3.63) is 71.0 Å². The van der Waals surface area contributed by atoms with E-state index in [1.165, 1.54) is 6.20 Å². The SMILES string of the molecule is COc1ccccc1NC(=O)c1ccnc(Nc2cc(Cl)ccc2C)n1. The van der Waals surface area contributed by atoms with Crippen LogP contribution in [-0.2, 0) is 0 Å². The fourth-order valence-corrected chi connectivity index (χ4v) is 2.50. The maximum atomic E-state index is 12.5. The Hall–Kier alpha value is -3.12. The molecule has 1 amide bonds. The molecule has 26 heavy (non-hydrogen) atoms. The molecule has 0 aliphatic rings. The maximum Gasteiger partial charge on any atom is 0.274 e. The van der Waals surface area contributed by atoms with Gasteiger partial charge in [-0.15, -0.1) is 0 Å². The molecule has 1 heterocycles. The molecule has 132 valence electrons. The summed E-state index contributed by atoms with van der Waals surface area (Å²) in [5, 5.41) is 6.47. The van der Waals surface area contributed by atoms with Crippen molar-refractivity contribution in [1.82, 2.24) is 9.97 Å². The van der Waals surface area contributed by atoms with Gasteiger partial charge in [-0.05, 0) is 42.8 Å². The third-order valence-corrected chi connectivity index (χ3v) is 3.92. The third kappa shape index (κ3) is 4.10. The third-order valence-electron chi connectivity index (χ3n) is 3.69. The van der Waals surface area contributed by atoms with Crippen molar-refractivity contribution in [2.24, 2.45) is 0 Å². The zero-order valence-electron chi connectivity index (χ0n) is 14.3. The number of carbonyl (C=O) groups is 1. The van der Waals surface area contributed by atoms with Crippen molar-refractivity contribution in [3.8, 4) is 5.75 Å². The smallest absolute Gasteiger partial charge is 0.274 e. The average Bonchev–Trinajstić information content (AvgIpc) is 2.65. The normalized spacial score (nSPS) is 10.3. The number of rotatable bonds is 5. The lowest BCUT2D eigenvalue weighted by Crippen LogP contribution is -2.15. The van der Waals surface area contributed by atoms with Crippen molar-refractivity contribution in [2.45, 2.75) is 6.92 Å². The molecule has 0 fully saturated rings. The Labute approximate surface area is 156 Å². The number of halogens is 1. The van der Waals surface area contributed by atoms with Crippen molar-refractivity contribution >= 4 is 34.8 Å². The highest BCUT2D eigenvalue weighted by molar-refractivity contribution is 6.30. The molecule has 7 heteroatoms. The fraction of sp³-hybridized carbons (Fsp3) is 0.105. The number of aromatic nitrogens is 2. The topological polar surface area (TPSA) is 76.1 Å². The summed E-state index contributed by atoms with van der Waals surface area (Å²) in [4.78, 5) is 20.9. The molecule has 6 nitrogen and oxygen atoms in total. The zero-order chi connectivity index (χ0) is 18.5. The second-order valence-electron chi connectivity index (χ2n) is 5.50. The van der Waals surface area contributed by atoms with Crippen LogP contribution in [0.5, 0.6) is 5.75 Å². The lowest BCUT2D eigenvalue weighted by Gasteiger charge is -2.11. The molecule has 0 bridgehead atoms. The first-order valence-corrected chi connectivity index (χ1v) is 8.25. The summed E-state index contributed by atoms with van der Waals surface area (Å²) >= 11 is 6.03. The van der Waals surface area contributed by atoms with Gasteiger partial charge in [-0.1, -0.05) is 29.8 Å². The monoisotopic (exact) mass is 368 g/mol. The molecule has 3 aromatic rings. The van der Waals surface area contributed by atoms with Crippen molar-refractivity contribution in [2.75, 3.05) is 17.7 Å². The van der Waals surface area contributed by atoms with Crippen LogP contribution in [0, 0.1) is 6.92 Å². The van der Waals surface area contributed by atoms with E-state index in [4.69, 9.17) is 16.3 Å². The largest absolute Gasteiger partial charge is 0.495 e. The highest BCUT2D eigenvalue weighted by Crippen LogP contribution is 2.24. The number of methoxy groups -OCH3 is 1. The second kappa shape index (κ2) is 7.84. The minimum absolute atomic E-state index is 0.230. The number of nitrogens with one attached hydrogen (secondary N) is 2. The first kappa shape index (κ1) is 17.7. The van der Waals surface area contributed by atoms with E-state index in [1.807, 2.05) is 25.1 Å². The predicted octanol–water partition coefficient (Wildman–Crippen LogP) is 4.44. The number of nitrogens with zero attached hydrogens (tertiary/aromatic N) is 2. The van der Waals surface area contributed by atoms with Crippen molar-refractivity contribution in [1.29, 1.82) is 0 Å². The number of hydrogen-bond acceptors (Lipinski definition) is 5. The second-order valence-corrected chi connectivity index (χ2v) is 5.94. The number of benzene rings is 2. The quantitative estimate of drug-likeness (QED) is 0.696. The lowest BCUT2D eigenvalue weighted by molar-refractivity contribution is 0.102. The summed E-state index contributed by atoms with van der Waals surface area (Å²) in [7, 11) is 1.55. The fourth-order valence-electron chi connectivity index (χ4n) is 2.33. The van der Waals surface area contributed by atoms with Crippen molar-refractivity contribution in [3.63, 3.8) is 0 Å². The van der Waals surface area contributed by atoms with Gasteiger partial charge in [0.15, 0.2) is 0 Å². The number of hydrogen-bond donors (Lipinski definition) is 2. The van der Waals surface area contributed by atoms with E-state index in [2.05, 4.69) is 20.6 Å². The molecule has 0 radical (unpaired) electrons. The molecular weight excluding hydrogens is 352 g/mol. The first-order valence-electron chi connectivity index (χ1n) is 7.87. The van der Waals surface area contributed by atoms with Gasteiger partial charge in [-0.2, -0.15) is 0 Å². The van der Waals surface area contributed by atoms with Gasteiger partial charge in [0.25, 0.3) is 5.91 Å². The summed E-state index contributed by atoms with van der Waals surface area (Å²) < 4.78 is 5.24. The molecule has 0 saturated heterocycles. The highest BCUT2D eigenvalue weighted by atomic mass is 35.5. The number of anilines is 3. The highest BCUT2D eigenvalue weighted by Gasteiger charge is 2.12. The van der Waals surface area contributed by atoms with Crippen LogP contribution in [0.4, 0.5) is 17.3 Å².